The lowest BCUT2D eigenvalue weighted by molar-refractivity contribution is 0.374. The normalized spacial score (nSPS) is 24.5. The van der Waals surface area contributed by atoms with Crippen LogP contribution in [0.25, 0.3) is 0 Å². The molecule has 0 spiro atoms. The summed E-state index contributed by atoms with van der Waals surface area (Å²) in [5.41, 5.74) is 3.03. The second-order valence-electron chi connectivity index (χ2n) is 5.39. The van der Waals surface area contributed by atoms with Crippen LogP contribution < -0.4 is 10.2 Å². The first-order valence-corrected chi connectivity index (χ1v) is 6.97. The van der Waals surface area contributed by atoms with Crippen molar-refractivity contribution in [2.75, 3.05) is 31.1 Å². The fourth-order valence-corrected chi connectivity index (χ4v) is 3.19. The first-order chi connectivity index (χ1) is 8.43. The van der Waals surface area contributed by atoms with Gasteiger partial charge in [0.05, 0.1) is 0 Å². The molecule has 2 aliphatic heterocycles. The Morgan fingerprint density at radius 2 is 2.18 bits per heavy atom. The third-order valence-electron chi connectivity index (χ3n) is 4.08. The highest BCUT2D eigenvalue weighted by Gasteiger charge is 2.21. The minimum Gasteiger partial charge on any atom is -0.371 e. The fourth-order valence-electron chi connectivity index (χ4n) is 3.19. The molecule has 1 fully saturated rings. The molecular weight excluding hydrogens is 208 g/mol. The van der Waals surface area contributed by atoms with Gasteiger partial charge in [-0.1, -0.05) is 18.2 Å². The number of fused-ring (bicyclic) bond motifs is 1. The molecule has 0 radical (unpaired) electrons. The Labute approximate surface area is 104 Å². The molecule has 1 N–H and O–H groups in total. The molecule has 0 amide bonds. The van der Waals surface area contributed by atoms with Crippen molar-refractivity contribution < 1.29 is 0 Å². The smallest absolute Gasteiger partial charge is 0.0398 e. The Bertz CT molecular complexity index is 369. The molecule has 1 unspecified atom stereocenters. The Hall–Kier alpha value is -1.02. The number of hydrogen-bond acceptors (Lipinski definition) is 2. The summed E-state index contributed by atoms with van der Waals surface area (Å²) in [6.07, 6.45) is 5.32. The van der Waals surface area contributed by atoms with Gasteiger partial charge in [0.1, 0.15) is 0 Å². The maximum atomic E-state index is 3.52. The Morgan fingerprint density at radius 3 is 3.06 bits per heavy atom. The maximum absolute atomic E-state index is 3.52. The van der Waals surface area contributed by atoms with Gasteiger partial charge in [0.25, 0.3) is 0 Å². The standard InChI is InChI=1S/C15H22N2/c1-2-8-15-14(6-1)7-4-10-17(15)12-13-5-3-9-16-11-13/h1-2,6,8,13,16H,3-5,7,9-12H2. The number of aryl methyl sites for hydroxylation is 1. The van der Waals surface area contributed by atoms with Gasteiger partial charge in [-0.2, -0.15) is 0 Å². The zero-order chi connectivity index (χ0) is 11.5. The lowest BCUT2D eigenvalue weighted by Crippen LogP contribution is -2.40. The van der Waals surface area contributed by atoms with Crippen LogP contribution in [0.15, 0.2) is 24.3 Å². The van der Waals surface area contributed by atoms with Gasteiger partial charge in [0, 0.05) is 18.8 Å². The van der Waals surface area contributed by atoms with Crippen LogP contribution in [0, 0.1) is 5.92 Å². The monoisotopic (exact) mass is 230 g/mol. The van der Waals surface area contributed by atoms with Crippen molar-refractivity contribution >= 4 is 5.69 Å². The molecule has 17 heavy (non-hydrogen) atoms. The van der Waals surface area contributed by atoms with Crippen molar-refractivity contribution in [2.24, 2.45) is 5.92 Å². The molecule has 3 rings (SSSR count). The van der Waals surface area contributed by atoms with Gasteiger partial charge >= 0.3 is 0 Å². The number of benzene rings is 1. The summed E-state index contributed by atoms with van der Waals surface area (Å²) in [4.78, 5) is 2.61. The largest absolute Gasteiger partial charge is 0.371 e. The molecule has 0 saturated carbocycles. The zero-order valence-electron chi connectivity index (χ0n) is 10.5. The summed E-state index contributed by atoms with van der Waals surface area (Å²) >= 11 is 0. The number of rotatable bonds is 2. The van der Waals surface area contributed by atoms with Crippen molar-refractivity contribution in [1.29, 1.82) is 0 Å². The molecule has 2 nitrogen and oxygen atoms in total. The van der Waals surface area contributed by atoms with E-state index in [2.05, 4.69) is 34.5 Å². The van der Waals surface area contributed by atoms with Gasteiger partial charge in [-0.05, 0) is 56.3 Å². The number of nitrogens with one attached hydrogen (secondary N) is 1. The molecule has 1 aromatic carbocycles. The predicted molar refractivity (Wildman–Crippen MR) is 72.6 cm³/mol. The van der Waals surface area contributed by atoms with E-state index in [4.69, 9.17) is 0 Å². The van der Waals surface area contributed by atoms with Crippen molar-refractivity contribution in [2.45, 2.75) is 25.7 Å². The highest BCUT2D eigenvalue weighted by atomic mass is 15.1. The summed E-state index contributed by atoms with van der Waals surface area (Å²) < 4.78 is 0. The minimum absolute atomic E-state index is 0.843. The summed E-state index contributed by atoms with van der Waals surface area (Å²) in [5, 5.41) is 3.52. The van der Waals surface area contributed by atoms with Crippen LogP contribution >= 0.6 is 0 Å². The van der Waals surface area contributed by atoms with Crippen LogP contribution in [-0.2, 0) is 6.42 Å². The summed E-state index contributed by atoms with van der Waals surface area (Å²) in [6, 6.07) is 8.94. The van der Waals surface area contributed by atoms with Crippen molar-refractivity contribution in [3.63, 3.8) is 0 Å². The lowest BCUT2D eigenvalue weighted by Gasteiger charge is -2.35. The molecule has 0 aliphatic carbocycles. The number of piperidine rings is 1. The van der Waals surface area contributed by atoms with Crippen LogP contribution in [0.4, 0.5) is 5.69 Å². The summed E-state index contributed by atoms with van der Waals surface area (Å²) in [7, 11) is 0. The van der Waals surface area contributed by atoms with Gasteiger partial charge in [-0.25, -0.2) is 0 Å². The molecule has 1 aromatic rings. The quantitative estimate of drug-likeness (QED) is 0.839. The van der Waals surface area contributed by atoms with E-state index in [1.807, 2.05) is 0 Å². The van der Waals surface area contributed by atoms with E-state index in [1.54, 1.807) is 5.56 Å². The van der Waals surface area contributed by atoms with Crippen molar-refractivity contribution in [1.82, 2.24) is 5.32 Å². The average Bonchev–Trinajstić information content (AvgIpc) is 2.40. The van der Waals surface area contributed by atoms with E-state index in [0.717, 1.165) is 5.92 Å². The first kappa shape index (κ1) is 11.1. The summed E-state index contributed by atoms with van der Waals surface area (Å²) in [5.74, 6) is 0.843. The SMILES string of the molecule is c1ccc2c(c1)CCCN2CC1CCCNC1. The van der Waals surface area contributed by atoms with Gasteiger partial charge in [-0.15, -0.1) is 0 Å². The molecule has 2 aliphatic rings. The molecular formula is C15H22N2. The van der Waals surface area contributed by atoms with Crippen LogP contribution in [-0.4, -0.2) is 26.2 Å². The topological polar surface area (TPSA) is 15.3 Å². The Kier molecular flexibility index (Phi) is 3.32. The van der Waals surface area contributed by atoms with Gasteiger partial charge in [0.15, 0.2) is 0 Å². The molecule has 2 heteroatoms. The highest BCUT2D eigenvalue weighted by Crippen LogP contribution is 2.28. The molecule has 0 bridgehead atoms. The Morgan fingerprint density at radius 1 is 1.24 bits per heavy atom. The Balaban J connectivity index is 1.71. The van der Waals surface area contributed by atoms with Crippen LogP contribution in [0.3, 0.4) is 0 Å². The van der Waals surface area contributed by atoms with E-state index in [9.17, 15) is 0 Å². The van der Waals surface area contributed by atoms with Crippen molar-refractivity contribution in [3.8, 4) is 0 Å². The average molecular weight is 230 g/mol. The van der Waals surface area contributed by atoms with E-state index in [-0.39, 0.29) is 0 Å². The van der Waals surface area contributed by atoms with E-state index in [1.165, 1.54) is 57.5 Å². The van der Waals surface area contributed by atoms with Gasteiger partial charge < -0.3 is 10.2 Å². The lowest BCUT2D eigenvalue weighted by atomic mass is 9.96. The van der Waals surface area contributed by atoms with Crippen LogP contribution in [0.5, 0.6) is 0 Å². The van der Waals surface area contributed by atoms with Crippen LogP contribution in [0.2, 0.25) is 0 Å². The zero-order valence-corrected chi connectivity index (χ0v) is 10.5. The second-order valence-corrected chi connectivity index (χ2v) is 5.39. The van der Waals surface area contributed by atoms with Crippen LogP contribution in [0.1, 0.15) is 24.8 Å². The highest BCUT2D eigenvalue weighted by molar-refractivity contribution is 5.55. The van der Waals surface area contributed by atoms with E-state index >= 15 is 0 Å². The van der Waals surface area contributed by atoms with Gasteiger partial charge in [-0.3, -0.25) is 0 Å². The first-order valence-electron chi connectivity index (χ1n) is 6.97. The number of para-hydroxylation sites is 1. The molecule has 2 heterocycles. The third kappa shape index (κ3) is 2.47. The third-order valence-corrected chi connectivity index (χ3v) is 4.08. The number of anilines is 1. The molecule has 1 atom stereocenters. The molecule has 92 valence electrons. The van der Waals surface area contributed by atoms with E-state index in [0.29, 0.717) is 0 Å². The van der Waals surface area contributed by atoms with Gasteiger partial charge in [0.2, 0.25) is 0 Å². The second kappa shape index (κ2) is 5.09. The maximum Gasteiger partial charge on any atom is 0.0398 e. The fraction of sp³-hybridized carbons (Fsp3) is 0.600. The number of nitrogens with zero attached hydrogens (tertiary/aromatic N) is 1. The number of hydrogen-bond donors (Lipinski definition) is 1. The van der Waals surface area contributed by atoms with E-state index < -0.39 is 0 Å². The predicted octanol–water partition coefficient (Wildman–Crippen LogP) is 2.44. The summed E-state index contributed by atoms with van der Waals surface area (Å²) in [6.45, 7) is 4.91. The molecule has 1 saturated heterocycles. The molecule has 0 aromatic heterocycles. The minimum atomic E-state index is 0.843. The van der Waals surface area contributed by atoms with Crippen molar-refractivity contribution in [3.05, 3.63) is 29.8 Å².